The van der Waals surface area contributed by atoms with E-state index in [0.29, 0.717) is 12.3 Å². The number of pyridine rings is 1. The Morgan fingerprint density at radius 2 is 2.40 bits per heavy atom. The summed E-state index contributed by atoms with van der Waals surface area (Å²) >= 11 is 0. The van der Waals surface area contributed by atoms with Gasteiger partial charge in [0.25, 0.3) is 0 Å². The summed E-state index contributed by atoms with van der Waals surface area (Å²) in [6, 6.07) is 2.72. The van der Waals surface area contributed by atoms with Crippen LogP contribution in [0.15, 0.2) is 18.3 Å². The fourth-order valence-electron chi connectivity index (χ4n) is 0.869. The lowest BCUT2D eigenvalue weighted by Gasteiger charge is -1.94. The zero-order valence-electron chi connectivity index (χ0n) is 8.29. The third-order valence-electron chi connectivity index (χ3n) is 1.48. The Morgan fingerprint density at radius 3 is 3.00 bits per heavy atom. The summed E-state index contributed by atoms with van der Waals surface area (Å²) in [5.41, 5.74) is 0.431. The van der Waals surface area contributed by atoms with Crippen molar-refractivity contribution < 1.29 is 13.9 Å². The first kappa shape index (κ1) is 11.2. The van der Waals surface area contributed by atoms with Gasteiger partial charge in [0.1, 0.15) is 17.9 Å². The molecule has 0 atom stereocenters. The molecular weight excluding hydrogens is 197 g/mol. The summed E-state index contributed by atoms with van der Waals surface area (Å²) in [5, 5.41) is 0. The van der Waals surface area contributed by atoms with Gasteiger partial charge in [-0.3, -0.25) is 4.79 Å². The summed E-state index contributed by atoms with van der Waals surface area (Å²) in [5.74, 6) is 4.45. The Kier molecular flexibility index (Phi) is 4.30. The van der Waals surface area contributed by atoms with Gasteiger partial charge in [-0.2, -0.15) is 0 Å². The zero-order valence-corrected chi connectivity index (χ0v) is 8.29. The number of hydrogen-bond acceptors (Lipinski definition) is 3. The highest BCUT2D eigenvalue weighted by molar-refractivity contribution is 5.72. The molecule has 1 aromatic rings. The Bertz CT molecular complexity index is 389. The first-order valence-corrected chi connectivity index (χ1v) is 4.48. The second-order valence-corrected chi connectivity index (χ2v) is 2.65. The van der Waals surface area contributed by atoms with Crippen LogP contribution in [0.3, 0.4) is 0 Å². The molecule has 0 fully saturated rings. The van der Waals surface area contributed by atoms with Crippen LogP contribution in [0.5, 0.6) is 0 Å². The van der Waals surface area contributed by atoms with Crippen LogP contribution in [0, 0.1) is 17.7 Å². The summed E-state index contributed by atoms with van der Waals surface area (Å²) in [4.78, 5) is 14.6. The van der Waals surface area contributed by atoms with Crippen LogP contribution in [0.4, 0.5) is 4.39 Å². The summed E-state index contributed by atoms with van der Waals surface area (Å²) in [6.45, 7) is 2.07. The summed E-state index contributed by atoms with van der Waals surface area (Å²) in [7, 11) is 0. The van der Waals surface area contributed by atoms with E-state index in [1.165, 1.54) is 12.1 Å². The Labute approximate surface area is 87.3 Å². The van der Waals surface area contributed by atoms with Crippen molar-refractivity contribution in [1.82, 2.24) is 4.98 Å². The quantitative estimate of drug-likeness (QED) is 0.545. The third-order valence-corrected chi connectivity index (χ3v) is 1.48. The minimum Gasteiger partial charge on any atom is -0.465 e. The molecule has 1 rings (SSSR count). The molecule has 0 aliphatic carbocycles. The van der Waals surface area contributed by atoms with Gasteiger partial charge >= 0.3 is 5.97 Å². The number of ether oxygens (including phenoxy) is 1. The molecule has 4 heteroatoms. The Hall–Kier alpha value is -1.89. The largest absolute Gasteiger partial charge is 0.465 e. The molecule has 1 aromatic heterocycles. The minimum atomic E-state index is -0.411. The normalized spacial score (nSPS) is 8.93. The van der Waals surface area contributed by atoms with Crippen LogP contribution < -0.4 is 0 Å². The van der Waals surface area contributed by atoms with Crippen LogP contribution in [0.2, 0.25) is 0 Å². The van der Waals surface area contributed by atoms with Gasteiger partial charge in [0.2, 0.25) is 0 Å². The lowest BCUT2D eigenvalue weighted by atomic mass is 10.3. The summed E-state index contributed by atoms with van der Waals surface area (Å²) < 4.78 is 17.1. The Balaban J connectivity index is 2.51. The highest BCUT2D eigenvalue weighted by Gasteiger charge is 1.96. The maximum atomic E-state index is 12.5. The highest BCUT2D eigenvalue weighted by Crippen LogP contribution is 1.96. The van der Waals surface area contributed by atoms with Gasteiger partial charge in [-0.05, 0) is 25.0 Å². The van der Waals surface area contributed by atoms with Crippen LogP contribution in [-0.2, 0) is 9.53 Å². The van der Waals surface area contributed by atoms with Gasteiger partial charge in [-0.25, -0.2) is 9.37 Å². The number of esters is 1. The number of halogens is 1. The smallest absolute Gasteiger partial charge is 0.317 e. The second kappa shape index (κ2) is 5.76. The lowest BCUT2D eigenvalue weighted by Crippen LogP contribution is -2.01. The number of rotatable bonds is 2. The van der Waals surface area contributed by atoms with Crippen LogP contribution in [0.25, 0.3) is 0 Å². The molecule has 0 unspecified atom stereocenters. The van der Waals surface area contributed by atoms with E-state index in [9.17, 15) is 9.18 Å². The van der Waals surface area contributed by atoms with Crippen molar-refractivity contribution in [3.8, 4) is 11.8 Å². The van der Waals surface area contributed by atoms with Crippen molar-refractivity contribution in [2.45, 2.75) is 13.3 Å². The number of aromatic nitrogens is 1. The fraction of sp³-hybridized carbons (Fsp3) is 0.273. The molecule has 0 saturated heterocycles. The van der Waals surface area contributed by atoms with Gasteiger partial charge in [0, 0.05) is 0 Å². The predicted molar refractivity (Wildman–Crippen MR) is 52.3 cm³/mol. The van der Waals surface area contributed by atoms with Crippen LogP contribution in [-0.4, -0.2) is 17.6 Å². The van der Waals surface area contributed by atoms with E-state index in [1.54, 1.807) is 6.92 Å². The monoisotopic (exact) mass is 207 g/mol. The second-order valence-electron chi connectivity index (χ2n) is 2.65. The van der Waals surface area contributed by atoms with Gasteiger partial charge in [0.15, 0.2) is 0 Å². The average Bonchev–Trinajstić information content (AvgIpc) is 2.21. The molecule has 0 aliphatic heterocycles. The van der Waals surface area contributed by atoms with Crippen molar-refractivity contribution in [2.24, 2.45) is 0 Å². The SMILES string of the molecule is CCOC(=O)CC#Cc1ccc(F)cn1. The Morgan fingerprint density at radius 1 is 1.60 bits per heavy atom. The third kappa shape index (κ3) is 4.23. The molecule has 0 saturated carbocycles. The molecule has 78 valence electrons. The van der Waals surface area contributed by atoms with Crippen molar-refractivity contribution >= 4 is 5.97 Å². The van der Waals surface area contributed by atoms with Crippen molar-refractivity contribution in [3.05, 3.63) is 29.8 Å². The first-order chi connectivity index (χ1) is 7.22. The predicted octanol–water partition coefficient (Wildman–Crippen LogP) is 1.53. The molecule has 3 nitrogen and oxygen atoms in total. The fourth-order valence-corrected chi connectivity index (χ4v) is 0.869. The molecule has 0 aromatic carbocycles. The number of carbonyl (C=O) groups is 1. The first-order valence-electron chi connectivity index (χ1n) is 4.48. The number of hydrogen-bond donors (Lipinski definition) is 0. The van der Waals surface area contributed by atoms with Crippen LogP contribution >= 0.6 is 0 Å². The molecule has 0 bridgehead atoms. The van der Waals surface area contributed by atoms with Gasteiger partial charge < -0.3 is 4.74 Å². The molecule has 1 heterocycles. The maximum absolute atomic E-state index is 12.5. The van der Waals surface area contributed by atoms with E-state index in [1.807, 2.05) is 0 Å². The van der Waals surface area contributed by atoms with E-state index in [4.69, 9.17) is 0 Å². The van der Waals surface area contributed by atoms with E-state index >= 15 is 0 Å². The van der Waals surface area contributed by atoms with Crippen molar-refractivity contribution in [2.75, 3.05) is 6.61 Å². The molecule has 15 heavy (non-hydrogen) atoms. The highest BCUT2D eigenvalue weighted by atomic mass is 19.1. The maximum Gasteiger partial charge on any atom is 0.317 e. The van der Waals surface area contributed by atoms with Crippen molar-refractivity contribution in [3.63, 3.8) is 0 Å². The van der Waals surface area contributed by atoms with Crippen LogP contribution in [0.1, 0.15) is 19.0 Å². The molecule has 0 amide bonds. The minimum absolute atomic E-state index is 0.0207. The van der Waals surface area contributed by atoms with E-state index < -0.39 is 5.82 Å². The average molecular weight is 207 g/mol. The topological polar surface area (TPSA) is 39.2 Å². The van der Waals surface area contributed by atoms with Gasteiger partial charge in [-0.1, -0.05) is 5.92 Å². The molecular formula is C11H10FNO2. The number of nitrogens with zero attached hydrogens (tertiary/aromatic N) is 1. The van der Waals surface area contributed by atoms with E-state index in [0.717, 1.165) is 6.20 Å². The van der Waals surface area contributed by atoms with Gasteiger partial charge in [0.05, 0.1) is 12.8 Å². The summed E-state index contributed by atoms with van der Waals surface area (Å²) in [6.07, 6.45) is 1.10. The molecule has 0 aliphatic rings. The standard InChI is InChI=1S/C11H10FNO2/c1-2-15-11(14)5-3-4-10-7-6-9(12)8-13-10/h6-8H,2,5H2,1H3. The number of carbonyl (C=O) groups excluding carboxylic acids is 1. The van der Waals surface area contributed by atoms with Crippen molar-refractivity contribution in [1.29, 1.82) is 0 Å². The zero-order chi connectivity index (χ0) is 11.1. The van der Waals surface area contributed by atoms with Gasteiger partial charge in [-0.15, -0.1) is 0 Å². The lowest BCUT2D eigenvalue weighted by molar-refractivity contribution is -0.141. The molecule has 0 radical (unpaired) electrons. The van der Waals surface area contributed by atoms with E-state index in [-0.39, 0.29) is 12.4 Å². The van der Waals surface area contributed by atoms with E-state index in [2.05, 4.69) is 21.6 Å². The molecule has 0 spiro atoms. The molecule has 0 N–H and O–H groups in total.